The third kappa shape index (κ3) is 3.79. The van der Waals surface area contributed by atoms with Crippen LogP contribution in [0, 0.1) is 12.7 Å². The van der Waals surface area contributed by atoms with E-state index in [2.05, 4.69) is 9.97 Å². The number of likely N-dealkylation sites (N-methyl/N-ethyl adjacent to an activating group) is 1. The second kappa shape index (κ2) is 6.23. The highest BCUT2D eigenvalue weighted by Crippen LogP contribution is 2.13. The standard InChI is InChI=1S/C13H16FN3O3S/c1-10-15-9-13(16-10)21(18,19)17(2)7-8-20-12-5-3-11(14)4-6-12/h3-6,9H,7-8H2,1-2H3,(H,15,16). The minimum Gasteiger partial charge on any atom is -0.492 e. The maximum absolute atomic E-state index is 12.7. The van der Waals surface area contributed by atoms with Crippen molar-refractivity contribution in [1.82, 2.24) is 14.3 Å². The molecule has 0 saturated carbocycles. The number of nitrogens with zero attached hydrogens (tertiary/aromatic N) is 2. The summed E-state index contributed by atoms with van der Waals surface area (Å²) in [4.78, 5) is 6.56. The number of aryl methyl sites for hydroxylation is 1. The van der Waals surface area contributed by atoms with Crippen LogP contribution in [0.3, 0.4) is 0 Å². The van der Waals surface area contributed by atoms with Gasteiger partial charge in [0.25, 0.3) is 10.0 Å². The van der Waals surface area contributed by atoms with E-state index in [9.17, 15) is 12.8 Å². The first-order valence-corrected chi connectivity index (χ1v) is 7.70. The summed E-state index contributed by atoms with van der Waals surface area (Å²) in [6.45, 7) is 2.00. The molecule has 1 heterocycles. The zero-order valence-corrected chi connectivity index (χ0v) is 12.5. The lowest BCUT2D eigenvalue weighted by atomic mass is 10.3. The summed E-state index contributed by atoms with van der Waals surface area (Å²) in [6.07, 6.45) is 1.28. The number of aromatic amines is 1. The number of ether oxygens (including phenoxy) is 1. The first-order valence-electron chi connectivity index (χ1n) is 6.26. The number of hydrogen-bond donors (Lipinski definition) is 1. The van der Waals surface area contributed by atoms with Crippen molar-refractivity contribution in [1.29, 1.82) is 0 Å². The van der Waals surface area contributed by atoms with Crippen LogP contribution in [0.1, 0.15) is 5.82 Å². The number of benzene rings is 1. The van der Waals surface area contributed by atoms with Crippen molar-refractivity contribution in [2.45, 2.75) is 11.9 Å². The molecule has 0 radical (unpaired) electrons. The molecular weight excluding hydrogens is 297 g/mol. The molecule has 114 valence electrons. The largest absolute Gasteiger partial charge is 0.492 e. The second-order valence-corrected chi connectivity index (χ2v) is 6.48. The van der Waals surface area contributed by atoms with Crippen molar-refractivity contribution in [2.75, 3.05) is 20.2 Å². The van der Waals surface area contributed by atoms with Crippen molar-refractivity contribution in [3.63, 3.8) is 0 Å². The van der Waals surface area contributed by atoms with Gasteiger partial charge in [0.05, 0.1) is 6.20 Å². The fraction of sp³-hybridized carbons (Fsp3) is 0.308. The molecule has 0 saturated heterocycles. The number of halogens is 1. The lowest BCUT2D eigenvalue weighted by Gasteiger charge is -2.16. The van der Waals surface area contributed by atoms with Gasteiger partial charge < -0.3 is 9.72 Å². The molecule has 0 fully saturated rings. The number of sulfonamides is 1. The maximum Gasteiger partial charge on any atom is 0.259 e. The van der Waals surface area contributed by atoms with Gasteiger partial charge in [-0.1, -0.05) is 0 Å². The molecule has 1 aromatic heterocycles. The Kier molecular flexibility index (Phi) is 4.59. The van der Waals surface area contributed by atoms with Crippen LogP contribution in [0.4, 0.5) is 4.39 Å². The molecule has 0 unspecified atom stereocenters. The molecule has 0 aliphatic rings. The molecule has 0 aliphatic carbocycles. The van der Waals surface area contributed by atoms with Gasteiger partial charge in [0.1, 0.15) is 24.0 Å². The van der Waals surface area contributed by atoms with Crippen LogP contribution in [0.15, 0.2) is 35.5 Å². The normalized spacial score (nSPS) is 11.8. The Labute approximate surface area is 122 Å². The Morgan fingerprint density at radius 1 is 1.33 bits per heavy atom. The average Bonchev–Trinajstić information content (AvgIpc) is 2.88. The minimum atomic E-state index is -3.60. The first-order chi connectivity index (χ1) is 9.89. The van der Waals surface area contributed by atoms with Gasteiger partial charge in [-0.05, 0) is 31.2 Å². The molecule has 2 aromatic rings. The smallest absolute Gasteiger partial charge is 0.259 e. The van der Waals surface area contributed by atoms with Crippen LogP contribution in [0.5, 0.6) is 5.75 Å². The number of H-pyrrole nitrogens is 1. The minimum absolute atomic E-state index is 0.0456. The monoisotopic (exact) mass is 313 g/mol. The molecule has 0 bridgehead atoms. The van der Waals surface area contributed by atoms with Crippen LogP contribution in [-0.4, -0.2) is 42.9 Å². The van der Waals surface area contributed by atoms with Gasteiger partial charge >= 0.3 is 0 Å². The van der Waals surface area contributed by atoms with Crippen LogP contribution < -0.4 is 4.74 Å². The molecule has 0 atom stereocenters. The Hall–Kier alpha value is -1.93. The van der Waals surface area contributed by atoms with E-state index >= 15 is 0 Å². The van der Waals surface area contributed by atoms with E-state index in [1.54, 1.807) is 6.92 Å². The highest BCUT2D eigenvalue weighted by atomic mass is 32.2. The number of aromatic nitrogens is 2. The number of nitrogens with one attached hydrogen (secondary N) is 1. The number of imidazole rings is 1. The Morgan fingerprint density at radius 2 is 2.00 bits per heavy atom. The zero-order valence-electron chi connectivity index (χ0n) is 11.7. The topological polar surface area (TPSA) is 75.3 Å². The molecule has 1 aromatic carbocycles. The molecule has 0 amide bonds. The van der Waals surface area contributed by atoms with Crippen LogP contribution in [-0.2, 0) is 10.0 Å². The molecule has 6 nitrogen and oxygen atoms in total. The van der Waals surface area contributed by atoms with Gasteiger partial charge in [-0.25, -0.2) is 17.8 Å². The van der Waals surface area contributed by atoms with Crippen molar-refractivity contribution in [3.8, 4) is 5.75 Å². The lowest BCUT2D eigenvalue weighted by Crippen LogP contribution is -2.31. The molecular formula is C13H16FN3O3S. The third-order valence-corrected chi connectivity index (χ3v) is 4.62. The molecule has 0 aliphatic heterocycles. The van der Waals surface area contributed by atoms with Gasteiger partial charge in [-0.3, -0.25) is 0 Å². The fourth-order valence-corrected chi connectivity index (χ4v) is 2.75. The third-order valence-electron chi connectivity index (χ3n) is 2.86. The molecule has 21 heavy (non-hydrogen) atoms. The highest BCUT2D eigenvalue weighted by molar-refractivity contribution is 7.89. The fourth-order valence-electron chi connectivity index (χ4n) is 1.64. The summed E-state index contributed by atoms with van der Waals surface area (Å²) >= 11 is 0. The van der Waals surface area contributed by atoms with E-state index < -0.39 is 10.0 Å². The van der Waals surface area contributed by atoms with Crippen LogP contribution in [0.2, 0.25) is 0 Å². The van der Waals surface area contributed by atoms with Gasteiger partial charge in [0, 0.05) is 13.6 Å². The van der Waals surface area contributed by atoms with E-state index in [1.807, 2.05) is 0 Å². The molecule has 0 spiro atoms. The van der Waals surface area contributed by atoms with Crippen LogP contribution >= 0.6 is 0 Å². The summed E-state index contributed by atoms with van der Waals surface area (Å²) in [5.74, 6) is 0.667. The van der Waals surface area contributed by atoms with Gasteiger partial charge in [0.2, 0.25) is 0 Å². The van der Waals surface area contributed by atoms with Gasteiger partial charge in [-0.15, -0.1) is 0 Å². The maximum atomic E-state index is 12.7. The Bertz CT molecular complexity index is 698. The average molecular weight is 313 g/mol. The second-order valence-electron chi connectivity index (χ2n) is 4.46. The lowest BCUT2D eigenvalue weighted by molar-refractivity contribution is 0.286. The van der Waals surface area contributed by atoms with E-state index in [-0.39, 0.29) is 24.0 Å². The summed E-state index contributed by atoms with van der Waals surface area (Å²) in [5.41, 5.74) is 0. The summed E-state index contributed by atoms with van der Waals surface area (Å²) in [7, 11) is -2.15. The SMILES string of the molecule is Cc1ncc(S(=O)(=O)N(C)CCOc2ccc(F)cc2)[nH]1. The summed E-state index contributed by atoms with van der Waals surface area (Å²) < 4.78 is 43.6. The summed E-state index contributed by atoms with van der Waals surface area (Å²) in [6, 6.07) is 5.54. The predicted octanol–water partition coefficient (Wildman–Crippen LogP) is 1.56. The molecule has 2 rings (SSSR count). The quantitative estimate of drug-likeness (QED) is 0.878. The van der Waals surface area contributed by atoms with Crippen molar-refractivity contribution >= 4 is 10.0 Å². The number of rotatable bonds is 6. The van der Waals surface area contributed by atoms with E-state index in [4.69, 9.17) is 4.74 Å². The first kappa shape index (κ1) is 15.5. The van der Waals surface area contributed by atoms with Gasteiger partial charge in [-0.2, -0.15) is 4.31 Å². The van der Waals surface area contributed by atoms with Crippen molar-refractivity contribution in [2.24, 2.45) is 0 Å². The van der Waals surface area contributed by atoms with E-state index in [0.717, 1.165) is 0 Å². The molecule has 8 heteroatoms. The Morgan fingerprint density at radius 3 is 2.57 bits per heavy atom. The van der Waals surface area contributed by atoms with Crippen LogP contribution in [0.25, 0.3) is 0 Å². The van der Waals surface area contributed by atoms with E-state index in [1.165, 1.54) is 41.8 Å². The van der Waals surface area contributed by atoms with Gasteiger partial charge in [0.15, 0.2) is 5.03 Å². The summed E-state index contributed by atoms with van der Waals surface area (Å²) in [5, 5.41) is 0.0456. The Balaban J connectivity index is 1.92. The zero-order chi connectivity index (χ0) is 15.5. The predicted molar refractivity (Wildman–Crippen MR) is 75.0 cm³/mol. The van der Waals surface area contributed by atoms with E-state index in [0.29, 0.717) is 11.6 Å². The highest BCUT2D eigenvalue weighted by Gasteiger charge is 2.22. The van der Waals surface area contributed by atoms with Crippen molar-refractivity contribution < 1.29 is 17.5 Å². The molecule has 1 N–H and O–H groups in total. The number of hydrogen-bond acceptors (Lipinski definition) is 4. The van der Waals surface area contributed by atoms with Crippen molar-refractivity contribution in [3.05, 3.63) is 42.1 Å².